The summed E-state index contributed by atoms with van der Waals surface area (Å²) in [6, 6.07) is 3.96. The first kappa shape index (κ1) is 17.4. The number of amides is 1. The Morgan fingerprint density at radius 3 is 2.65 bits per heavy atom. The minimum Gasteiger partial charge on any atom is -0.338 e. The minimum atomic E-state index is 0.285. The zero-order chi connectivity index (χ0) is 17.8. The van der Waals surface area contributed by atoms with Crippen molar-refractivity contribution in [3.05, 3.63) is 34.8 Å². The topological polar surface area (TPSA) is 52.6 Å². The van der Waals surface area contributed by atoms with Gasteiger partial charge in [-0.15, -0.1) is 11.3 Å². The lowest BCUT2D eigenvalue weighted by Gasteiger charge is -2.35. The predicted molar refractivity (Wildman–Crippen MR) is 105 cm³/mol. The quantitative estimate of drug-likeness (QED) is 0.808. The van der Waals surface area contributed by atoms with Crippen molar-refractivity contribution in [3.63, 3.8) is 0 Å². The Kier molecular flexibility index (Phi) is 5.45. The van der Waals surface area contributed by atoms with Crippen LogP contribution in [0.4, 0.5) is 11.6 Å². The maximum Gasteiger partial charge on any atom is 0.227 e. The van der Waals surface area contributed by atoms with Crippen LogP contribution in [-0.2, 0) is 11.2 Å². The van der Waals surface area contributed by atoms with E-state index in [1.165, 1.54) is 4.88 Å². The van der Waals surface area contributed by atoms with Gasteiger partial charge in [-0.3, -0.25) is 9.69 Å². The Morgan fingerprint density at radius 2 is 1.85 bits per heavy atom. The number of thiophene rings is 1. The standard InChI is InChI=1S/C19H25N5OS/c25-18-5-1-4-17-16(6-15-26-17)24(18)10-3-9-22-11-13-23(14-12-22)19-20-7-2-8-21-19/h2,6-8,15H,1,3-5,9-14H2. The zero-order valence-corrected chi connectivity index (χ0v) is 15.8. The van der Waals surface area contributed by atoms with Gasteiger partial charge in [-0.2, -0.15) is 0 Å². The van der Waals surface area contributed by atoms with Gasteiger partial charge in [0.15, 0.2) is 0 Å². The molecule has 1 amide bonds. The second kappa shape index (κ2) is 8.14. The number of rotatable bonds is 5. The molecule has 0 aliphatic carbocycles. The number of carbonyl (C=O) groups excluding carboxylic acids is 1. The van der Waals surface area contributed by atoms with Crippen LogP contribution in [0, 0.1) is 0 Å². The van der Waals surface area contributed by atoms with Gasteiger partial charge in [0.2, 0.25) is 11.9 Å². The maximum absolute atomic E-state index is 12.5. The van der Waals surface area contributed by atoms with E-state index < -0.39 is 0 Å². The van der Waals surface area contributed by atoms with Gasteiger partial charge >= 0.3 is 0 Å². The Balaban J connectivity index is 1.26. The highest BCUT2D eigenvalue weighted by molar-refractivity contribution is 7.10. The van der Waals surface area contributed by atoms with Crippen molar-refractivity contribution in [2.45, 2.75) is 25.7 Å². The van der Waals surface area contributed by atoms with Crippen molar-refractivity contribution in [1.82, 2.24) is 14.9 Å². The van der Waals surface area contributed by atoms with E-state index in [4.69, 9.17) is 0 Å². The van der Waals surface area contributed by atoms with Crippen LogP contribution in [0.15, 0.2) is 29.9 Å². The molecule has 4 heterocycles. The Bertz CT molecular complexity index is 727. The minimum absolute atomic E-state index is 0.285. The van der Waals surface area contributed by atoms with Crippen LogP contribution in [0.2, 0.25) is 0 Å². The summed E-state index contributed by atoms with van der Waals surface area (Å²) in [5.41, 5.74) is 1.16. The molecule has 2 aromatic heterocycles. The fourth-order valence-electron chi connectivity index (χ4n) is 3.75. The predicted octanol–water partition coefficient (Wildman–Crippen LogP) is 2.42. The molecule has 0 N–H and O–H groups in total. The fourth-order valence-corrected chi connectivity index (χ4v) is 4.68. The van der Waals surface area contributed by atoms with Crippen LogP contribution in [0.5, 0.6) is 0 Å². The van der Waals surface area contributed by atoms with E-state index in [2.05, 4.69) is 31.2 Å². The van der Waals surface area contributed by atoms with Gasteiger partial charge in [-0.05, 0) is 43.3 Å². The highest BCUT2D eigenvalue weighted by Crippen LogP contribution is 2.31. The summed E-state index contributed by atoms with van der Waals surface area (Å²) < 4.78 is 0. The molecule has 0 aromatic carbocycles. The molecule has 0 atom stereocenters. The van der Waals surface area contributed by atoms with Gasteiger partial charge in [0, 0.05) is 56.4 Å². The molecule has 0 unspecified atom stereocenters. The van der Waals surface area contributed by atoms with Gasteiger partial charge in [0.1, 0.15) is 0 Å². The van der Waals surface area contributed by atoms with Crippen LogP contribution >= 0.6 is 11.3 Å². The van der Waals surface area contributed by atoms with E-state index in [-0.39, 0.29) is 5.91 Å². The Labute approximate surface area is 158 Å². The van der Waals surface area contributed by atoms with E-state index in [1.54, 1.807) is 23.7 Å². The molecule has 1 saturated heterocycles. The van der Waals surface area contributed by atoms with Crippen LogP contribution in [0.1, 0.15) is 24.1 Å². The molecule has 7 heteroatoms. The molecule has 0 radical (unpaired) electrons. The highest BCUT2D eigenvalue weighted by atomic mass is 32.1. The number of hydrogen-bond donors (Lipinski definition) is 0. The molecule has 0 saturated carbocycles. The van der Waals surface area contributed by atoms with E-state index >= 15 is 0 Å². The average molecular weight is 372 g/mol. The summed E-state index contributed by atoms with van der Waals surface area (Å²) in [6.07, 6.45) is 7.31. The van der Waals surface area contributed by atoms with Crippen molar-refractivity contribution in [3.8, 4) is 0 Å². The fraction of sp³-hybridized carbons (Fsp3) is 0.526. The summed E-state index contributed by atoms with van der Waals surface area (Å²) in [5, 5.41) is 2.11. The molecule has 2 aromatic rings. The number of fused-ring (bicyclic) bond motifs is 1. The Hall–Kier alpha value is -1.99. The second-order valence-electron chi connectivity index (χ2n) is 6.86. The average Bonchev–Trinajstić information content (AvgIpc) is 3.09. The molecule has 2 aliphatic rings. The van der Waals surface area contributed by atoms with Gasteiger partial charge < -0.3 is 9.80 Å². The molecule has 4 rings (SSSR count). The highest BCUT2D eigenvalue weighted by Gasteiger charge is 2.23. The molecular formula is C19H25N5OS. The van der Waals surface area contributed by atoms with E-state index in [0.717, 1.165) is 70.2 Å². The molecule has 26 heavy (non-hydrogen) atoms. The van der Waals surface area contributed by atoms with Crippen molar-refractivity contribution < 1.29 is 4.79 Å². The number of carbonyl (C=O) groups is 1. The summed E-state index contributed by atoms with van der Waals surface area (Å²) in [6.45, 7) is 5.83. The first-order valence-electron chi connectivity index (χ1n) is 9.42. The normalized spacial score (nSPS) is 18.7. The third kappa shape index (κ3) is 3.88. The first-order chi connectivity index (χ1) is 12.8. The number of aryl methyl sites for hydroxylation is 1. The number of hydrogen-bond acceptors (Lipinski definition) is 6. The number of nitrogens with zero attached hydrogens (tertiary/aromatic N) is 5. The number of anilines is 2. The summed E-state index contributed by atoms with van der Waals surface area (Å²) >= 11 is 1.78. The van der Waals surface area contributed by atoms with Crippen molar-refractivity contribution >= 4 is 28.9 Å². The molecule has 138 valence electrons. The van der Waals surface area contributed by atoms with E-state index in [1.807, 2.05) is 11.0 Å². The third-order valence-electron chi connectivity index (χ3n) is 5.17. The van der Waals surface area contributed by atoms with Crippen LogP contribution < -0.4 is 9.80 Å². The first-order valence-corrected chi connectivity index (χ1v) is 10.3. The smallest absolute Gasteiger partial charge is 0.227 e. The molecule has 1 fully saturated rings. The van der Waals surface area contributed by atoms with E-state index in [0.29, 0.717) is 6.42 Å². The van der Waals surface area contributed by atoms with Crippen LogP contribution in [0.25, 0.3) is 0 Å². The maximum atomic E-state index is 12.5. The second-order valence-corrected chi connectivity index (χ2v) is 7.86. The number of piperazine rings is 1. The molecule has 0 spiro atoms. The van der Waals surface area contributed by atoms with Gasteiger partial charge in [-0.1, -0.05) is 0 Å². The van der Waals surface area contributed by atoms with Gasteiger partial charge in [0.25, 0.3) is 0 Å². The van der Waals surface area contributed by atoms with Crippen molar-refractivity contribution in [2.24, 2.45) is 0 Å². The summed E-state index contributed by atoms with van der Waals surface area (Å²) in [7, 11) is 0. The van der Waals surface area contributed by atoms with Crippen molar-refractivity contribution in [1.29, 1.82) is 0 Å². The largest absolute Gasteiger partial charge is 0.338 e. The van der Waals surface area contributed by atoms with E-state index in [9.17, 15) is 4.79 Å². The van der Waals surface area contributed by atoms with Gasteiger partial charge in [0.05, 0.1) is 5.69 Å². The molecule has 2 aliphatic heterocycles. The third-order valence-corrected chi connectivity index (χ3v) is 6.14. The molecular weight excluding hydrogens is 346 g/mol. The Morgan fingerprint density at radius 1 is 1.04 bits per heavy atom. The van der Waals surface area contributed by atoms with Crippen LogP contribution in [0.3, 0.4) is 0 Å². The summed E-state index contributed by atoms with van der Waals surface area (Å²) in [4.78, 5) is 29.2. The monoisotopic (exact) mass is 371 g/mol. The van der Waals surface area contributed by atoms with Crippen molar-refractivity contribution in [2.75, 3.05) is 49.1 Å². The van der Waals surface area contributed by atoms with Crippen LogP contribution in [-0.4, -0.2) is 60.0 Å². The zero-order valence-electron chi connectivity index (χ0n) is 15.0. The molecule has 6 nitrogen and oxygen atoms in total. The van der Waals surface area contributed by atoms with Gasteiger partial charge in [-0.25, -0.2) is 9.97 Å². The summed E-state index contributed by atoms with van der Waals surface area (Å²) in [5.74, 6) is 1.11. The SMILES string of the molecule is O=C1CCCc2sccc2N1CCCN1CCN(c2ncccn2)CC1. The number of aromatic nitrogens is 2. The lowest BCUT2D eigenvalue weighted by atomic mass is 10.2. The lowest BCUT2D eigenvalue weighted by Crippen LogP contribution is -2.47. The molecule has 0 bridgehead atoms. The lowest BCUT2D eigenvalue weighted by molar-refractivity contribution is -0.118.